The third-order valence-electron chi connectivity index (χ3n) is 3.81. The van der Waals surface area contributed by atoms with Crippen molar-refractivity contribution in [2.75, 3.05) is 6.54 Å². The zero-order chi connectivity index (χ0) is 12.3. The van der Waals surface area contributed by atoms with Gasteiger partial charge in [0, 0.05) is 6.54 Å². The van der Waals surface area contributed by atoms with Gasteiger partial charge in [0.1, 0.15) is 6.04 Å². The van der Waals surface area contributed by atoms with E-state index in [-0.39, 0.29) is 5.91 Å². The summed E-state index contributed by atoms with van der Waals surface area (Å²) in [6, 6.07) is 1.27. The van der Waals surface area contributed by atoms with Gasteiger partial charge in [0.2, 0.25) is 5.91 Å². The molecule has 2 aliphatic rings. The van der Waals surface area contributed by atoms with Crippen LogP contribution < -0.4 is 5.73 Å². The summed E-state index contributed by atoms with van der Waals surface area (Å²) >= 11 is 0. The van der Waals surface area contributed by atoms with Crippen LogP contribution in [-0.2, 0) is 4.79 Å². The van der Waals surface area contributed by atoms with Crippen molar-refractivity contribution in [1.29, 1.82) is 5.26 Å². The van der Waals surface area contributed by atoms with Gasteiger partial charge in [0.15, 0.2) is 0 Å². The van der Waals surface area contributed by atoms with Crippen LogP contribution in [0, 0.1) is 17.2 Å². The molecule has 4 nitrogen and oxygen atoms in total. The van der Waals surface area contributed by atoms with E-state index in [0.717, 1.165) is 12.8 Å². The minimum absolute atomic E-state index is 0.0616. The molecule has 2 N–H and O–H groups in total. The molecule has 1 saturated carbocycles. The molecule has 0 aromatic rings. The molecule has 0 bridgehead atoms. The van der Waals surface area contributed by atoms with Gasteiger partial charge < -0.3 is 10.6 Å². The number of amides is 1. The molecule has 92 valence electrons. The summed E-state index contributed by atoms with van der Waals surface area (Å²) in [4.78, 5) is 13.8. The molecule has 0 unspecified atom stereocenters. The maximum absolute atomic E-state index is 12.2. The van der Waals surface area contributed by atoms with Gasteiger partial charge in [-0.1, -0.05) is 25.3 Å². The first-order chi connectivity index (χ1) is 8.24. The quantitative estimate of drug-likeness (QED) is 0.728. The van der Waals surface area contributed by atoms with Crippen molar-refractivity contribution in [2.24, 2.45) is 11.7 Å². The summed E-state index contributed by atoms with van der Waals surface area (Å²) in [5.41, 5.74) is 6.06. The zero-order valence-electron chi connectivity index (χ0n) is 10.0. The molecule has 4 heteroatoms. The van der Waals surface area contributed by atoms with Gasteiger partial charge >= 0.3 is 0 Å². The van der Waals surface area contributed by atoms with Crippen LogP contribution in [0.1, 0.15) is 32.1 Å². The minimum atomic E-state index is -0.425. The fourth-order valence-electron chi connectivity index (χ4n) is 2.75. The van der Waals surface area contributed by atoms with E-state index < -0.39 is 12.1 Å². The Bertz CT molecular complexity index is 352. The summed E-state index contributed by atoms with van der Waals surface area (Å²) in [6.45, 7) is 0.525. The lowest BCUT2D eigenvalue weighted by Crippen LogP contribution is -2.49. The monoisotopic (exact) mass is 233 g/mol. The van der Waals surface area contributed by atoms with Gasteiger partial charge in [0.25, 0.3) is 0 Å². The Labute approximate surface area is 102 Å². The third kappa shape index (κ3) is 2.50. The van der Waals surface area contributed by atoms with Crippen molar-refractivity contribution in [3.63, 3.8) is 0 Å². The highest BCUT2D eigenvalue weighted by Gasteiger charge is 2.33. The molecule has 1 amide bonds. The average Bonchev–Trinajstić information content (AvgIpc) is 2.86. The summed E-state index contributed by atoms with van der Waals surface area (Å²) in [5, 5.41) is 8.94. The van der Waals surface area contributed by atoms with Crippen molar-refractivity contribution < 1.29 is 4.79 Å². The number of nitrogens with two attached hydrogens (primary N) is 1. The van der Waals surface area contributed by atoms with E-state index in [1.165, 1.54) is 19.3 Å². The molecular weight excluding hydrogens is 214 g/mol. The highest BCUT2D eigenvalue weighted by molar-refractivity contribution is 5.83. The third-order valence-corrected chi connectivity index (χ3v) is 3.81. The molecular formula is C13H19N3O. The number of hydrogen-bond acceptors (Lipinski definition) is 3. The second-order valence-corrected chi connectivity index (χ2v) is 4.92. The number of rotatable bonds is 2. The van der Waals surface area contributed by atoms with Crippen LogP contribution in [0.3, 0.4) is 0 Å². The molecule has 17 heavy (non-hydrogen) atoms. The second kappa shape index (κ2) is 5.33. The van der Waals surface area contributed by atoms with E-state index in [4.69, 9.17) is 11.0 Å². The molecule has 1 heterocycles. The van der Waals surface area contributed by atoms with Gasteiger partial charge in [0.05, 0.1) is 12.1 Å². The van der Waals surface area contributed by atoms with E-state index in [2.05, 4.69) is 6.07 Å². The fraction of sp³-hybridized carbons (Fsp3) is 0.692. The lowest BCUT2D eigenvalue weighted by molar-refractivity contribution is -0.133. The van der Waals surface area contributed by atoms with Crippen molar-refractivity contribution >= 4 is 5.91 Å². The maximum Gasteiger partial charge on any atom is 0.241 e. The summed E-state index contributed by atoms with van der Waals surface area (Å²) in [6.07, 6.45) is 9.32. The van der Waals surface area contributed by atoms with Crippen molar-refractivity contribution in [3.8, 4) is 6.07 Å². The number of carbonyl (C=O) groups is 1. The Kier molecular flexibility index (Phi) is 3.80. The highest BCUT2D eigenvalue weighted by atomic mass is 16.2. The Morgan fingerprint density at radius 3 is 2.76 bits per heavy atom. The van der Waals surface area contributed by atoms with Crippen molar-refractivity contribution in [3.05, 3.63) is 12.2 Å². The van der Waals surface area contributed by atoms with E-state index >= 15 is 0 Å². The van der Waals surface area contributed by atoms with Crippen molar-refractivity contribution in [2.45, 2.75) is 44.2 Å². The predicted octanol–water partition coefficient (Wildman–Crippen LogP) is 1.18. The van der Waals surface area contributed by atoms with Crippen LogP contribution in [0.2, 0.25) is 0 Å². The Balaban J connectivity index is 1.97. The lowest BCUT2D eigenvalue weighted by Gasteiger charge is -2.30. The molecule has 1 fully saturated rings. The standard InChI is InChI=1S/C13H19N3O/c14-9-11-7-4-8-16(11)13(17)12(15)10-5-2-1-3-6-10/h4,7,10-12H,1-3,5-6,8,15H2/t11-,12-/m0/s1. The molecule has 0 aromatic heterocycles. The van der Waals surface area contributed by atoms with E-state index in [1.807, 2.05) is 6.08 Å². The van der Waals surface area contributed by atoms with E-state index in [0.29, 0.717) is 12.5 Å². The SMILES string of the molecule is N#C[C@@H]1C=CCN1C(=O)[C@@H](N)C1CCCCC1. The number of carbonyl (C=O) groups excluding carboxylic acids is 1. The normalized spacial score (nSPS) is 26.8. The first-order valence-corrected chi connectivity index (χ1v) is 6.36. The Morgan fingerprint density at radius 2 is 2.12 bits per heavy atom. The predicted molar refractivity (Wildman–Crippen MR) is 64.8 cm³/mol. The lowest BCUT2D eigenvalue weighted by atomic mass is 9.83. The number of hydrogen-bond donors (Lipinski definition) is 1. The average molecular weight is 233 g/mol. The molecule has 1 aliphatic heterocycles. The summed E-state index contributed by atoms with van der Waals surface area (Å²) in [5.74, 6) is 0.240. The van der Waals surface area contributed by atoms with Gasteiger partial charge in [-0.05, 0) is 24.8 Å². The van der Waals surface area contributed by atoms with Gasteiger partial charge in [-0.15, -0.1) is 0 Å². The van der Waals surface area contributed by atoms with Crippen LogP contribution >= 0.6 is 0 Å². The molecule has 2 atom stereocenters. The van der Waals surface area contributed by atoms with Gasteiger partial charge in [-0.3, -0.25) is 4.79 Å². The van der Waals surface area contributed by atoms with Crippen LogP contribution in [-0.4, -0.2) is 29.4 Å². The highest BCUT2D eigenvalue weighted by Crippen LogP contribution is 2.27. The topological polar surface area (TPSA) is 70.1 Å². The maximum atomic E-state index is 12.2. The summed E-state index contributed by atoms with van der Waals surface area (Å²) in [7, 11) is 0. The fourth-order valence-corrected chi connectivity index (χ4v) is 2.75. The second-order valence-electron chi connectivity index (χ2n) is 4.92. The first-order valence-electron chi connectivity index (χ1n) is 6.36. The van der Waals surface area contributed by atoms with Crippen LogP contribution in [0.15, 0.2) is 12.2 Å². The van der Waals surface area contributed by atoms with Crippen molar-refractivity contribution in [1.82, 2.24) is 4.90 Å². The molecule has 1 aliphatic carbocycles. The molecule has 0 spiro atoms. The molecule has 0 saturated heterocycles. The molecule has 2 rings (SSSR count). The summed E-state index contributed by atoms with van der Waals surface area (Å²) < 4.78 is 0. The van der Waals surface area contributed by atoms with Gasteiger partial charge in [-0.25, -0.2) is 0 Å². The molecule has 0 aromatic carbocycles. The largest absolute Gasteiger partial charge is 0.320 e. The number of nitriles is 1. The van der Waals surface area contributed by atoms with Gasteiger partial charge in [-0.2, -0.15) is 5.26 Å². The van der Waals surface area contributed by atoms with Crippen LogP contribution in [0.25, 0.3) is 0 Å². The van der Waals surface area contributed by atoms with Crippen LogP contribution in [0.5, 0.6) is 0 Å². The first kappa shape index (κ1) is 12.1. The zero-order valence-corrected chi connectivity index (χ0v) is 10.0. The molecule has 0 radical (unpaired) electrons. The smallest absolute Gasteiger partial charge is 0.241 e. The van der Waals surface area contributed by atoms with E-state index in [1.54, 1.807) is 11.0 Å². The Morgan fingerprint density at radius 1 is 1.41 bits per heavy atom. The number of nitrogens with zero attached hydrogens (tertiary/aromatic N) is 2. The minimum Gasteiger partial charge on any atom is -0.320 e. The van der Waals surface area contributed by atoms with E-state index in [9.17, 15) is 4.79 Å². The Hall–Kier alpha value is -1.34. The van der Waals surface area contributed by atoms with Crippen LogP contribution in [0.4, 0.5) is 0 Å².